The number of aliphatic hydroxyl groups excluding tert-OH is 1. The fourth-order valence-corrected chi connectivity index (χ4v) is 2.92. The van der Waals surface area contributed by atoms with Gasteiger partial charge in [0.25, 0.3) is 0 Å². The van der Waals surface area contributed by atoms with E-state index in [1.807, 2.05) is 30.3 Å². The Bertz CT molecular complexity index is 678. The van der Waals surface area contributed by atoms with Gasteiger partial charge in [0.1, 0.15) is 5.82 Å². The second-order valence-electron chi connectivity index (χ2n) is 6.00. The normalized spacial score (nSPS) is 17.5. The van der Waals surface area contributed by atoms with E-state index < -0.39 is 0 Å². The molecule has 0 bridgehead atoms. The zero-order chi connectivity index (χ0) is 16.8. The van der Waals surface area contributed by atoms with Crippen LogP contribution >= 0.6 is 0 Å². The van der Waals surface area contributed by atoms with Crippen molar-refractivity contribution in [1.82, 2.24) is 15.3 Å². The van der Waals surface area contributed by atoms with E-state index in [1.54, 1.807) is 12.4 Å². The molecule has 6 nitrogen and oxygen atoms in total. The molecule has 2 N–H and O–H groups in total. The maximum absolute atomic E-state index is 12.1. The lowest BCUT2D eigenvalue weighted by Gasteiger charge is -2.32. The molecule has 0 radical (unpaired) electrons. The largest absolute Gasteiger partial charge is 0.391 e. The summed E-state index contributed by atoms with van der Waals surface area (Å²) < 4.78 is 0. The van der Waals surface area contributed by atoms with Crippen LogP contribution in [0.1, 0.15) is 24.1 Å². The second kappa shape index (κ2) is 7.88. The van der Waals surface area contributed by atoms with Gasteiger partial charge in [-0.1, -0.05) is 12.1 Å². The van der Waals surface area contributed by atoms with Crippen LogP contribution in [0, 0.1) is 0 Å². The van der Waals surface area contributed by atoms with Crippen LogP contribution in [0.5, 0.6) is 0 Å². The van der Waals surface area contributed by atoms with Gasteiger partial charge in [-0.05, 0) is 31.0 Å². The lowest BCUT2D eigenvalue weighted by atomic mass is 10.1. The Hall–Kier alpha value is -2.47. The number of rotatable bonds is 5. The van der Waals surface area contributed by atoms with E-state index in [0.717, 1.165) is 36.5 Å². The summed E-state index contributed by atoms with van der Waals surface area (Å²) in [5.41, 5.74) is 1.71. The highest BCUT2D eigenvalue weighted by molar-refractivity contribution is 5.78. The van der Waals surface area contributed by atoms with Crippen LogP contribution < -0.4 is 10.2 Å². The van der Waals surface area contributed by atoms with Crippen molar-refractivity contribution in [3.8, 4) is 0 Å². The third kappa shape index (κ3) is 4.29. The molecule has 6 heteroatoms. The van der Waals surface area contributed by atoms with Gasteiger partial charge in [-0.15, -0.1) is 0 Å². The zero-order valence-corrected chi connectivity index (χ0v) is 13.6. The molecule has 0 aliphatic carbocycles. The fourth-order valence-electron chi connectivity index (χ4n) is 2.92. The molecular weight excluding hydrogens is 304 g/mol. The second-order valence-corrected chi connectivity index (χ2v) is 6.00. The predicted molar refractivity (Wildman–Crippen MR) is 91.5 cm³/mol. The molecule has 1 fully saturated rings. The van der Waals surface area contributed by atoms with Gasteiger partial charge in [0.05, 0.1) is 12.5 Å². The SMILES string of the molecule is O=C(Cc1ccccn1)NCc1cccnc1N1CCCC(O)C1. The van der Waals surface area contributed by atoms with Crippen molar-refractivity contribution in [3.05, 3.63) is 54.0 Å². The zero-order valence-electron chi connectivity index (χ0n) is 13.6. The van der Waals surface area contributed by atoms with Crippen LogP contribution in [0.3, 0.4) is 0 Å². The van der Waals surface area contributed by atoms with Gasteiger partial charge in [-0.3, -0.25) is 9.78 Å². The monoisotopic (exact) mass is 326 g/mol. The Morgan fingerprint density at radius 2 is 2.12 bits per heavy atom. The van der Waals surface area contributed by atoms with Gasteiger partial charge in [-0.25, -0.2) is 4.98 Å². The number of carbonyl (C=O) groups is 1. The van der Waals surface area contributed by atoms with Crippen molar-refractivity contribution >= 4 is 11.7 Å². The number of nitrogens with zero attached hydrogens (tertiary/aromatic N) is 3. The maximum Gasteiger partial charge on any atom is 0.226 e. The molecule has 1 amide bonds. The quantitative estimate of drug-likeness (QED) is 0.866. The lowest BCUT2D eigenvalue weighted by Crippen LogP contribution is -2.39. The number of hydrogen-bond donors (Lipinski definition) is 2. The van der Waals surface area contributed by atoms with E-state index in [0.29, 0.717) is 13.1 Å². The fraction of sp³-hybridized carbons (Fsp3) is 0.389. The van der Waals surface area contributed by atoms with Gasteiger partial charge in [0, 0.05) is 43.3 Å². The molecule has 1 aliphatic rings. The smallest absolute Gasteiger partial charge is 0.226 e. The molecule has 3 rings (SSSR count). The molecule has 0 saturated carbocycles. The summed E-state index contributed by atoms with van der Waals surface area (Å²) in [6.45, 7) is 1.89. The minimum atomic E-state index is -0.313. The average molecular weight is 326 g/mol. The van der Waals surface area contributed by atoms with Gasteiger partial charge in [0.2, 0.25) is 5.91 Å². The molecule has 1 atom stereocenters. The van der Waals surface area contributed by atoms with Crippen LogP contribution in [0.2, 0.25) is 0 Å². The first kappa shape index (κ1) is 16.4. The van der Waals surface area contributed by atoms with E-state index >= 15 is 0 Å². The van der Waals surface area contributed by atoms with Crippen LogP contribution in [-0.4, -0.2) is 40.2 Å². The molecule has 1 saturated heterocycles. The molecule has 1 aliphatic heterocycles. The average Bonchev–Trinajstić information content (AvgIpc) is 2.61. The van der Waals surface area contributed by atoms with Crippen LogP contribution in [0.4, 0.5) is 5.82 Å². The molecule has 24 heavy (non-hydrogen) atoms. The Morgan fingerprint density at radius 3 is 2.92 bits per heavy atom. The highest BCUT2D eigenvalue weighted by atomic mass is 16.3. The number of β-amino-alcohol motifs (C(OH)–C–C–N with tert-alkyl or cyclic N) is 1. The topological polar surface area (TPSA) is 78.4 Å². The minimum absolute atomic E-state index is 0.0674. The third-order valence-corrected chi connectivity index (χ3v) is 4.11. The van der Waals surface area contributed by atoms with E-state index in [1.165, 1.54) is 0 Å². The van der Waals surface area contributed by atoms with Crippen molar-refractivity contribution in [1.29, 1.82) is 0 Å². The van der Waals surface area contributed by atoms with E-state index in [9.17, 15) is 9.90 Å². The predicted octanol–water partition coefficient (Wildman–Crippen LogP) is 1.30. The Kier molecular flexibility index (Phi) is 5.38. The van der Waals surface area contributed by atoms with Crippen LogP contribution in [0.25, 0.3) is 0 Å². The Balaban J connectivity index is 1.62. The number of amides is 1. The van der Waals surface area contributed by atoms with Crippen molar-refractivity contribution in [2.75, 3.05) is 18.0 Å². The molecule has 2 aromatic rings. The summed E-state index contributed by atoms with van der Waals surface area (Å²) >= 11 is 0. The first-order valence-corrected chi connectivity index (χ1v) is 8.26. The molecule has 126 valence electrons. The van der Waals surface area contributed by atoms with Crippen molar-refractivity contribution in [2.45, 2.75) is 31.9 Å². The van der Waals surface area contributed by atoms with Crippen LogP contribution in [0.15, 0.2) is 42.7 Å². The molecule has 3 heterocycles. The van der Waals surface area contributed by atoms with Gasteiger partial charge in [0.15, 0.2) is 0 Å². The summed E-state index contributed by atoms with van der Waals surface area (Å²) in [7, 11) is 0. The summed E-state index contributed by atoms with van der Waals surface area (Å²) in [6.07, 6.45) is 5.16. The van der Waals surface area contributed by atoms with E-state index in [-0.39, 0.29) is 18.4 Å². The van der Waals surface area contributed by atoms with Gasteiger partial charge >= 0.3 is 0 Å². The number of carbonyl (C=O) groups excluding carboxylic acids is 1. The van der Waals surface area contributed by atoms with Crippen molar-refractivity contribution in [2.24, 2.45) is 0 Å². The number of hydrogen-bond acceptors (Lipinski definition) is 5. The third-order valence-electron chi connectivity index (χ3n) is 4.11. The molecule has 2 aromatic heterocycles. The number of aliphatic hydroxyl groups is 1. The van der Waals surface area contributed by atoms with Crippen molar-refractivity contribution < 1.29 is 9.90 Å². The lowest BCUT2D eigenvalue weighted by molar-refractivity contribution is -0.120. The summed E-state index contributed by atoms with van der Waals surface area (Å²) in [6, 6.07) is 9.37. The van der Waals surface area contributed by atoms with Gasteiger partial charge in [-0.2, -0.15) is 0 Å². The molecule has 1 unspecified atom stereocenters. The molecular formula is C18H22N4O2. The summed E-state index contributed by atoms with van der Waals surface area (Å²) in [4.78, 5) is 22.8. The number of pyridine rings is 2. The Morgan fingerprint density at radius 1 is 1.25 bits per heavy atom. The van der Waals surface area contributed by atoms with Crippen LogP contribution in [-0.2, 0) is 17.8 Å². The number of piperidine rings is 1. The van der Waals surface area contributed by atoms with Crippen molar-refractivity contribution in [3.63, 3.8) is 0 Å². The maximum atomic E-state index is 12.1. The van der Waals surface area contributed by atoms with E-state index in [4.69, 9.17) is 0 Å². The van der Waals surface area contributed by atoms with Gasteiger partial charge < -0.3 is 15.3 Å². The van der Waals surface area contributed by atoms with E-state index in [2.05, 4.69) is 20.2 Å². The Labute approximate surface area is 141 Å². The first-order valence-electron chi connectivity index (χ1n) is 8.26. The number of anilines is 1. The molecule has 0 aromatic carbocycles. The number of aromatic nitrogens is 2. The molecule has 0 spiro atoms. The standard InChI is InChI=1S/C18H22N4O2/c23-16-7-4-10-22(13-16)18-14(5-3-9-20-18)12-21-17(24)11-15-6-1-2-8-19-15/h1-3,5-6,8-9,16,23H,4,7,10-13H2,(H,21,24). The highest BCUT2D eigenvalue weighted by Crippen LogP contribution is 2.21. The number of nitrogens with one attached hydrogen (secondary N) is 1. The first-order chi connectivity index (χ1) is 11.7. The highest BCUT2D eigenvalue weighted by Gasteiger charge is 2.21. The minimum Gasteiger partial charge on any atom is -0.391 e. The summed E-state index contributed by atoms with van der Waals surface area (Å²) in [5, 5.41) is 12.8. The summed E-state index contributed by atoms with van der Waals surface area (Å²) in [5.74, 6) is 0.775.